The summed E-state index contributed by atoms with van der Waals surface area (Å²) >= 11 is 2.28. The van der Waals surface area contributed by atoms with Crippen LogP contribution in [0, 0.1) is 0 Å². The van der Waals surface area contributed by atoms with Crippen LogP contribution < -0.4 is 5.32 Å². The van der Waals surface area contributed by atoms with Gasteiger partial charge >= 0.3 is 0 Å². The Labute approximate surface area is 104 Å². The third kappa shape index (κ3) is 4.59. The number of aryl methyl sites for hydroxylation is 1. The summed E-state index contributed by atoms with van der Waals surface area (Å²) in [6.45, 7) is 2.62. The van der Waals surface area contributed by atoms with E-state index < -0.39 is 0 Å². The first-order chi connectivity index (χ1) is 7.26. The summed E-state index contributed by atoms with van der Waals surface area (Å²) in [6, 6.07) is 5.96. The maximum atomic E-state index is 11.2. The summed E-state index contributed by atoms with van der Waals surface area (Å²) in [5, 5.41) is 2.78. The van der Waals surface area contributed by atoms with Crippen molar-refractivity contribution in [3.8, 4) is 0 Å². The second-order valence-electron chi connectivity index (χ2n) is 3.21. The van der Waals surface area contributed by atoms with Gasteiger partial charge in [-0.05, 0) is 25.5 Å². The summed E-state index contributed by atoms with van der Waals surface area (Å²) in [5.41, 5.74) is 2.07. The van der Waals surface area contributed by atoms with Gasteiger partial charge in [-0.15, -0.1) is 0 Å². The summed E-state index contributed by atoms with van der Waals surface area (Å²) in [6.07, 6.45) is 1.24. The fourth-order valence-electron chi connectivity index (χ4n) is 1.27. The number of rotatable bonds is 5. The molecule has 1 aromatic heterocycles. The van der Waals surface area contributed by atoms with Gasteiger partial charge in [0.1, 0.15) is 0 Å². The number of hydrogen-bond donors (Lipinski definition) is 1. The molecule has 0 spiro atoms. The molecule has 0 aliphatic heterocycles. The zero-order chi connectivity index (χ0) is 11.1. The molecule has 1 aromatic rings. The van der Waals surface area contributed by atoms with Gasteiger partial charge < -0.3 is 5.32 Å². The normalized spacial score (nSPS) is 10.0. The van der Waals surface area contributed by atoms with Crippen LogP contribution in [0.2, 0.25) is 0 Å². The highest BCUT2D eigenvalue weighted by Gasteiger charge is 2.02. The number of halogens is 1. The molecule has 1 rings (SSSR count). The molecule has 0 atom stereocenters. The van der Waals surface area contributed by atoms with Gasteiger partial charge in [-0.2, -0.15) is 0 Å². The van der Waals surface area contributed by atoms with E-state index >= 15 is 0 Å². The smallest absolute Gasteiger partial charge is 0.220 e. The minimum Gasteiger partial charge on any atom is -0.356 e. The highest BCUT2D eigenvalue weighted by molar-refractivity contribution is 14.1. The van der Waals surface area contributed by atoms with Crippen LogP contribution in [0.3, 0.4) is 0 Å². The van der Waals surface area contributed by atoms with Crippen LogP contribution in [-0.4, -0.2) is 17.4 Å². The Morgan fingerprint density at radius 2 is 2.20 bits per heavy atom. The van der Waals surface area contributed by atoms with Crippen LogP contribution in [0.5, 0.6) is 0 Å². The van der Waals surface area contributed by atoms with Gasteiger partial charge in [-0.3, -0.25) is 9.78 Å². The first-order valence-corrected chi connectivity index (χ1v) is 6.56. The van der Waals surface area contributed by atoms with E-state index in [4.69, 9.17) is 0 Å². The first-order valence-electron chi connectivity index (χ1n) is 5.03. The molecule has 4 heteroatoms. The van der Waals surface area contributed by atoms with Crippen molar-refractivity contribution in [1.29, 1.82) is 0 Å². The number of nitrogens with zero attached hydrogens (tertiary/aromatic N) is 1. The van der Waals surface area contributed by atoms with Crippen molar-refractivity contribution < 1.29 is 4.79 Å². The van der Waals surface area contributed by atoms with Crippen molar-refractivity contribution in [2.75, 3.05) is 6.54 Å². The number of amides is 1. The van der Waals surface area contributed by atoms with Gasteiger partial charge in [0.05, 0.1) is 5.69 Å². The Bertz CT molecular complexity index is 328. The monoisotopic (exact) mass is 318 g/mol. The number of nitrogens with one attached hydrogen (secondary N) is 1. The molecule has 0 unspecified atom stereocenters. The number of pyridine rings is 1. The molecule has 0 fully saturated rings. The van der Waals surface area contributed by atoms with Crippen molar-refractivity contribution in [3.05, 3.63) is 29.6 Å². The van der Waals surface area contributed by atoms with Gasteiger partial charge in [-0.25, -0.2) is 0 Å². The van der Waals surface area contributed by atoms with Gasteiger partial charge in [0.2, 0.25) is 5.91 Å². The van der Waals surface area contributed by atoms with Crippen molar-refractivity contribution >= 4 is 28.5 Å². The van der Waals surface area contributed by atoms with Crippen LogP contribution in [0.4, 0.5) is 0 Å². The molecule has 0 aromatic carbocycles. The molecule has 0 saturated heterocycles. The van der Waals surface area contributed by atoms with E-state index in [0.29, 0.717) is 13.0 Å². The molecule has 0 saturated carbocycles. The molecule has 1 N–H and O–H groups in total. The molecular weight excluding hydrogens is 303 g/mol. The Kier molecular flexibility index (Phi) is 5.60. The number of carbonyl (C=O) groups is 1. The minimum absolute atomic E-state index is 0.0965. The van der Waals surface area contributed by atoms with E-state index in [1.54, 1.807) is 0 Å². The molecule has 15 heavy (non-hydrogen) atoms. The van der Waals surface area contributed by atoms with Crippen molar-refractivity contribution in [1.82, 2.24) is 10.3 Å². The van der Waals surface area contributed by atoms with Crippen molar-refractivity contribution in [2.45, 2.75) is 24.2 Å². The fourth-order valence-corrected chi connectivity index (χ4v) is 1.69. The zero-order valence-electron chi connectivity index (χ0n) is 8.79. The zero-order valence-corrected chi connectivity index (χ0v) is 11.0. The van der Waals surface area contributed by atoms with Crippen LogP contribution in [0.25, 0.3) is 0 Å². The largest absolute Gasteiger partial charge is 0.356 e. The molecule has 1 amide bonds. The molecule has 0 bridgehead atoms. The molecular formula is C11H15IN2O. The van der Waals surface area contributed by atoms with E-state index in [0.717, 1.165) is 22.2 Å². The fraction of sp³-hybridized carbons (Fsp3) is 0.455. The Morgan fingerprint density at radius 1 is 1.47 bits per heavy atom. The van der Waals surface area contributed by atoms with E-state index in [2.05, 4.69) is 32.9 Å². The lowest BCUT2D eigenvalue weighted by Gasteiger charge is -2.03. The van der Waals surface area contributed by atoms with Gasteiger partial charge in [0.15, 0.2) is 0 Å². The molecule has 1 heterocycles. The third-order valence-corrected chi connectivity index (χ3v) is 2.77. The number of alkyl halides is 1. The predicted molar refractivity (Wildman–Crippen MR) is 69.0 cm³/mol. The van der Waals surface area contributed by atoms with E-state index in [1.807, 2.05) is 25.1 Å². The number of hydrogen-bond acceptors (Lipinski definition) is 2. The van der Waals surface area contributed by atoms with Crippen molar-refractivity contribution in [2.24, 2.45) is 0 Å². The Hall–Kier alpha value is -0.650. The SMILES string of the molecule is CCNC(=O)CCc1cccc(CI)n1. The van der Waals surface area contributed by atoms with E-state index in [-0.39, 0.29) is 5.91 Å². The maximum absolute atomic E-state index is 11.2. The van der Waals surface area contributed by atoms with Crippen LogP contribution in [0.1, 0.15) is 24.7 Å². The summed E-state index contributed by atoms with van der Waals surface area (Å²) in [5.74, 6) is 0.0965. The van der Waals surface area contributed by atoms with Gasteiger partial charge in [-0.1, -0.05) is 28.7 Å². The summed E-state index contributed by atoms with van der Waals surface area (Å²) in [4.78, 5) is 15.7. The third-order valence-electron chi connectivity index (χ3n) is 1.98. The standard InChI is InChI=1S/C11H15IN2O/c1-2-13-11(15)7-6-9-4-3-5-10(8-12)14-9/h3-5H,2,6-8H2,1H3,(H,13,15). The average molecular weight is 318 g/mol. The topological polar surface area (TPSA) is 42.0 Å². The molecule has 0 aliphatic carbocycles. The van der Waals surface area contributed by atoms with Crippen LogP contribution >= 0.6 is 22.6 Å². The second kappa shape index (κ2) is 6.76. The maximum Gasteiger partial charge on any atom is 0.220 e. The molecule has 0 radical (unpaired) electrons. The highest BCUT2D eigenvalue weighted by Crippen LogP contribution is 2.05. The second-order valence-corrected chi connectivity index (χ2v) is 3.97. The van der Waals surface area contributed by atoms with Crippen LogP contribution in [-0.2, 0) is 15.6 Å². The molecule has 3 nitrogen and oxygen atoms in total. The summed E-state index contributed by atoms with van der Waals surface area (Å²) in [7, 11) is 0. The Balaban J connectivity index is 2.46. The highest BCUT2D eigenvalue weighted by atomic mass is 127. The first kappa shape index (κ1) is 12.4. The van der Waals surface area contributed by atoms with Gasteiger partial charge in [0, 0.05) is 23.1 Å². The number of carbonyl (C=O) groups excluding carboxylic acids is 1. The quantitative estimate of drug-likeness (QED) is 0.667. The minimum atomic E-state index is 0.0965. The predicted octanol–water partition coefficient (Wildman–Crippen LogP) is 2.09. The lowest BCUT2D eigenvalue weighted by atomic mass is 10.2. The average Bonchev–Trinajstić information content (AvgIpc) is 2.27. The lowest BCUT2D eigenvalue weighted by molar-refractivity contribution is -0.120. The van der Waals surface area contributed by atoms with E-state index in [9.17, 15) is 4.79 Å². The number of aromatic nitrogens is 1. The van der Waals surface area contributed by atoms with E-state index in [1.165, 1.54) is 0 Å². The van der Waals surface area contributed by atoms with Crippen LogP contribution in [0.15, 0.2) is 18.2 Å². The van der Waals surface area contributed by atoms with Gasteiger partial charge in [0.25, 0.3) is 0 Å². The molecule has 82 valence electrons. The Morgan fingerprint density at radius 3 is 2.87 bits per heavy atom. The van der Waals surface area contributed by atoms with Crippen molar-refractivity contribution in [3.63, 3.8) is 0 Å². The molecule has 0 aliphatic rings. The summed E-state index contributed by atoms with van der Waals surface area (Å²) < 4.78 is 0.909. The lowest BCUT2D eigenvalue weighted by Crippen LogP contribution is -2.22.